The van der Waals surface area contributed by atoms with E-state index in [2.05, 4.69) is 15.1 Å². The van der Waals surface area contributed by atoms with Crippen LogP contribution in [-0.2, 0) is 26.0 Å². The van der Waals surface area contributed by atoms with Gasteiger partial charge in [-0.1, -0.05) is 54.6 Å². The predicted octanol–water partition coefficient (Wildman–Crippen LogP) is 2.35. The summed E-state index contributed by atoms with van der Waals surface area (Å²) in [6, 6.07) is 24.4. The third kappa shape index (κ3) is 6.39. The van der Waals surface area contributed by atoms with Crippen molar-refractivity contribution in [1.82, 2.24) is 24.3 Å². The van der Waals surface area contributed by atoms with Crippen LogP contribution < -0.4 is 11.2 Å². The molecule has 3 aliphatic heterocycles. The first kappa shape index (κ1) is 31.0. The second-order valence-electron chi connectivity index (χ2n) is 10.5. The van der Waals surface area contributed by atoms with Crippen LogP contribution in [-0.4, -0.2) is 67.1 Å². The lowest BCUT2D eigenvalue weighted by molar-refractivity contribution is -0.0676. The number of fused-ring (bicyclic) bond motifs is 1. The topological polar surface area (TPSA) is 171 Å². The Bertz CT molecular complexity index is 2020. The van der Waals surface area contributed by atoms with Gasteiger partial charge in [-0.25, -0.2) is 28.8 Å². The molecule has 0 N–H and O–H groups in total. The minimum atomic E-state index is -1.45. The molecule has 0 spiro atoms. The summed E-state index contributed by atoms with van der Waals surface area (Å²) in [6.07, 6.45) is -5.47. The Labute approximate surface area is 266 Å². The molecule has 47 heavy (non-hydrogen) atoms. The number of carbonyl (C=O) groups excluding carboxylic acids is 3. The van der Waals surface area contributed by atoms with Gasteiger partial charge in [-0.3, -0.25) is 9.36 Å². The molecule has 14 heteroatoms. The summed E-state index contributed by atoms with van der Waals surface area (Å²) in [6.45, 7) is 1.06. The van der Waals surface area contributed by atoms with Crippen molar-refractivity contribution in [1.29, 1.82) is 0 Å². The van der Waals surface area contributed by atoms with E-state index in [1.807, 2.05) is 0 Å². The van der Waals surface area contributed by atoms with Gasteiger partial charge in [0, 0.05) is 7.05 Å². The Kier molecular flexibility index (Phi) is 8.67. The van der Waals surface area contributed by atoms with Crippen LogP contribution in [0.25, 0.3) is 11.5 Å². The van der Waals surface area contributed by atoms with Crippen LogP contribution in [0.1, 0.15) is 43.1 Å². The molecule has 0 radical (unpaired) electrons. The number of carbonyl (C=O) groups is 3. The summed E-state index contributed by atoms with van der Waals surface area (Å²) < 4.78 is 25.6. The fraction of sp³-hybridized carbons (Fsp3) is 0.212. The number of rotatable bonds is 8. The zero-order valence-electron chi connectivity index (χ0n) is 25.1. The average molecular weight is 638 g/mol. The third-order valence-electron chi connectivity index (χ3n) is 7.37. The standard InChI is InChI=1S/C33H27N5O9/c1-19-34-24-27(35-33(43)37(2)28(24)39)38(36-19)29-26(47-32(42)22-16-10-5-11-17-22)25(46-31(41)21-14-8-4-9-15-21)23(45-29)18-44-30(40)20-12-6-3-7-13-20/h3-17,23,25-26,29H,18H2,1-2H3/t23-,25-,26-,29-/m1/s1. The van der Waals surface area contributed by atoms with E-state index in [0.29, 0.717) is 0 Å². The summed E-state index contributed by atoms with van der Waals surface area (Å²) in [5.41, 5.74) is -1.19. The number of nitrogens with zero attached hydrogens (tertiary/aromatic N) is 5. The van der Waals surface area contributed by atoms with Crippen molar-refractivity contribution in [2.45, 2.75) is 31.5 Å². The molecule has 3 aromatic rings. The van der Waals surface area contributed by atoms with Crippen molar-refractivity contribution >= 4 is 17.9 Å². The molecule has 1 saturated heterocycles. The first-order valence-corrected chi connectivity index (χ1v) is 14.4. The zero-order valence-corrected chi connectivity index (χ0v) is 25.1. The maximum Gasteiger partial charge on any atom is 0.352 e. The Morgan fingerprint density at radius 1 is 0.745 bits per heavy atom. The molecule has 3 aromatic carbocycles. The number of ether oxygens (including phenoxy) is 4. The van der Waals surface area contributed by atoms with E-state index in [1.54, 1.807) is 66.7 Å². The smallest absolute Gasteiger partial charge is 0.352 e. The van der Waals surface area contributed by atoms with Crippen molar-refractivity contribution in [2.75, 3.05) is 6.61 Å². The maximum atomic E-state index is 13.5. The van der Waals surface area contributed by atoms with Crippen molar-refractivity contribution in [2.24, 2.45) is 7.05 Å². The summed E-state index contributed by atoms with van der Waals surface area (Å²) in [7, 11) is 1.26. The summed E-state index contributed by atoms with van der Waals surface area (Å²) in [4.78, 5) is 73.6. The van der Waals surface area contributed by atoms with Gasteiger partial charge in [-0.15, -0.1) is 0 Å². The number of hydrogen-bond donors (Lipinski definition) is 0. The first-order chi connectivity index (χ1) is 22.7. The molecule has 1 fully saturated rings. The Balaban J connectivity index is 1.44. The molecule has 6 rings (SSSR count). The number of esters is 3. The summed E-state index contributed by atoms with van der Waals surface area (Å²) in [5.74, 6) is -2.41. The van der Waals surface area contributed by atoms with Gasteiger partial charge in [0.25, 0.3) is 5.56 Å². The lowest BCUT2D eigenvalue weighted by Crippen LogP contribution is -2.42. The summed E-state index contributed by atoms with van der Waals surface area (Å²) >= 11 is 0. The van der Waals surface area contributed by atoms with Crippen molar-refractivity contribution < 1.29 is 33.3 Å². The number of benzene rings is 3. The SMILES string of the molecule is Cc1nc2c(=O)n(C)c(=O)nc-2n([C@@H]2O[C@H](COC(=O)c3ccccc3)[C@@H](OC(=O)c3ccccc3)[C@H]2OC(=O)c2ccccc2)n1. The maximum absolute atomic E-state index is 13.5. The third-order valence-corrected chi connectivity index (χ3v) is 7.37. The molecule has 0 aromatic heterocycles. The van der Waals surface area contributed by atoms with Crippen LogP contribution in [0.2, 0.25) is 0 Å². The number of aromatic nitrogens is 5. The lowest BCUT2D eigenvalue weighted by Gasteiger charge is -2.26. The Morgan fingerprint density at radius 2 is 1.26 bits per heavy atom. The monoisotopic (exact) mass is 637 g/mol. The first-order valence-electron chi connectivity index (χ1n) is 14.4. The van der Waals surface area contributed by atoms with Gasteiger partial charge < -0.3 is 18.9 Å². The van der Waals surface area contributed by atoms with Crippen molar-refractivity contribution in [3.05, 3.63) is 134 Å². The lowest BCUT2D eigenvalue weighted by atomic mass is 10.1. The minimum absolute atomic E-state index is 0.101. The molecule has 0 saturated carbocycles. The molecule has 3 heterocycles. The molecule has 4 atom stereocenters. The molecular weight excluding hydrogens is 610 g/mol. The van der Waals surface area contributed by atoms with Crippen LogP contribution in [0.4, 0.5) is 0 Å². The molecule has 0 amide bonds. The molecular formula is C33H27N5O9. The molecule has 238 valence electrons. The fourth-order valence-electron chi connectivity index (χ4n) is 5.04. The van der Waals surface area contributed by atoms with Crippen LogP contribution in [0.5, 0.6) is 0 Å². The number of hydrogen-bond acceptors (Lipinski definition) is 12. The largest absolute Gasteiger partial charge is 0.459 e. The van der Waals surface area contributed by atoms with E-state index in [9.17, 15) is 24.0 Å². The highest BCUT2D eigenvalue weighted by Crippen LogP contribution is 2.36. The van der Waals surface area contributed by atoms with Crippen molar-refractivity contribution in [3.8, 4) is 11.5 Å². The van der Waals surface area contributed by atoms with Crippen molar-refractivity contribution in [3.63, 3.8) is 0 Å². The minimum Gasteiger partial charge on any atom is -0.459 e. The van der Waals surface area contributed by atoms with Gasteiger partial charge in [0.15, 0.2) is 30.0 Å². The van der Waals surface area contributed by atoms with E-state index < -0.39 is 60.3 Å². The molecule has 0 bridgehead atoms. The van der Waals surface area contributed by atoms with Gasteiger partial charge in [0.2, 0.25) is 0 Å². The highest BCUT2D eigenvalue weighted by molar-refractivity contribution is 5.91. The molecule has 0 unspecified atom stereocenters. The van der Waals surface area contributed by atoms with Gasteiger partial charge >= 0.3 is 23.6 Å². The van der Waals surface area contributed by atoms with E-state index in [0.717, 1.165) is 9.25 Å². The van der Waals surface area contributed by atoms with Crippen LogP contribution in [0.15, 0.2) is 101 Å². The van der Waals surface area contributed by atoms with E-state index in [-0.39, 0.29) is 34.0 Å². The highest BCUT2D eigenvalue weighted by atomic mass is 16.7. The predicted molar refractivity (Wildman–Crippen MR) is 163 cm³/mol. The van der Waals surface area contributed by atoms with Crippen LogP contribution in [0.3, 0.4) is 0 Å². The molecule has 3 aliphatic rings. The van der Waals surface area contributed by atoms with Crippen LogP contribution in [0, 0.1) is 6.92 Å². The molecule has 0 aliphatic carbocycles. The highest BCUT2D eigenvalue weighted by Gasteiger charge is 2.52. The second-order valence-corrected chi connectivity index (χ2v) is 10.5. The average Bonchev–Trinajstić information content (AvgIpc) is 3.43. The Hall–Kier alpha value is -6.02. The zero-order chi connectivity index (χ0) is 33.1. The van der Waals surface area contributed by atoms with Gasteiger partial charge in [-0.05, 0) is 43.3 Å². The quantitative estimate of drug-likeness (QED) is 0.180. The normalized spacial score (nSPS) is 18.9. The summed E-state index contributed by atoms with van der Waals surface area (Å²) in [5, 5.41) is 4.37. The van der Waals surface area contributed by atoms with E-state index >= 15 is 0 Å². The number of aryl methyl sites for hydroxylation is 1. The fourth-order valence-corrected chi connectivity index (χ4v) is 5.04. The Morgan fingerprint density at radius 3 is 1.81 bits per heavy atom. The van der Waals surface area contributed by atoms with Gasteiger partial charge in [0.05, 0.1) is 16.7 Å². The van der Waals surface area contributed by atoms with Crippen LogP contribution >= 0.6 is 0 Å². The molecule has 14 nitrogen and oxygen atoms in total. The second kappa shape index (κ2) is 13.1. The van der Waals surface area contributed by atoms with Gasteiger partial charge in [0.1, 0.15) is 18.5 Å². The van der Waals surface area contributed by atoms with E-state index in [1.165, 1.54) is 38.2 Å². The van der Waals surface area contributed by atoms with Gasteiger partial charge in [-0.2, -0.15) is 10.1 Å². The van der Waals surface area contributed by atoms with E-state index in [4.69, 9.17) is 18.9 Å².